The Bertz CT molecular complexity index is 552. The number of rotatable bonds is 2. The second kappa shape index (κ2) is 4.25. The molecule has 0 saturated carbocycles. The third-order valence-corrected chi connectivity index (χ3v) is 2.65. The fourth-order valence-electron chi connectivity index (χ4n) is 1.72. The first-order valence-corrected chi connectivity index (χ1v) is 5.28. The lowest BCUT2D eigenvalue weighted by atomic mass is 10.0. The molecule has 0 amide bonds. The average molecular weight is 229 g/mol. The van der Waals surface area contributed by atoms with Crippen LogP contribution < -0.4 is 16.8 Å². The number of benzene rings is 2. The molecule has 0 aromatic heterocycles. The van der Waals surface area contributed by atoms with Crippen LogP contribution in [0.15, 0.2) is 36.4 Å². The highest BCUT2D eigenvalue weighted by Crippen LogP contribution is 2.35. The van der Waals surface area contributed by atoms with Gasteiger partial charge in [-0.3, -0.25) is 0 Å². The normalized spacial score (nSPS) is 10.2. The Hall–Kier alpha value is -2.36. The standard InChI is InChI=1S/C13H15N3O/c1-16-9-3-5-12(15)11(7-9)10-4-2-8(14)6-13(10)17/h2-7,16-17H,14-15H2,1H3. The molecule has 4 heteroatoms. The third-order valence-electron chi connectivity index (χ3n) is 2.65. The van der Waals surface area contributed by atoms with Crippen molar-refractivity contribution in [2.75, 3.05) is 23.8 Å². The maximum Gasteiger partial charge on any atom is 0.125 e. The van der Waals surface area contributed by atoms with Crippen molar-refractivity contribution in [1.82, 2.24) is 0 Å². The Morgan fingerprint density at radius 2 is 1.76 bits per heavy atom. The van der Waals surface area contributed by atoms with Crippen LogP contribution in [0, 0.1) is 0 Å². The summed E-state index contributed by atoms with van der Waals surface area (Å²) in [6.07, 6.45) is 0. The summed E-state index contributed by atoms with van der Waals surface area (Å²) in [6.45, 7) is 0. The van der Waals surface area contributed by atoms with Crippen LogP contribution in [-0.4, -0.2) is 12.2 Å². The molecular formula is C13H15N3O. The molecule has 88 valence electrons. The number of hydrogen-bond donors (Lipinski definition) is 4. The minimum atomic E-state index is 0.130. The number of hydrogen-bond acceptors (Lipinski definition) is 4. The zero-order chi connectivity index (χ0) is 12.4. The van der Waals surface area contributed by atoms with Crippen LogP contribution in [0.3, 0.4) is 0 Å². The van der Waals surface area contributed by atoms with E-state index in [4.69, 9.17) is 11.5 Å². The molecule has 0 aliphatic carbocycles. The van der Waals surface area contributed by atoms with Gasteiger partial charge in [0.2, 0.25) is 0 Å². The van der Waals surface area contributed by atoms with Gasteiger partial charge < -0.3 is 21.9 Å². The van der Waals surface area contributed by atoms with Gasteiger partial charge in [-0.25, -0.2) is 0 Å². The van der Waals surface area contributed by atoms with Crippen molar-refractivity contribution in [3.8, 4) is 16.9 Å². The number of anilines is 3. The lowest BCUT2D eigenvalue weighted by Crippen LogP contribution is -1.94. The zero-order valence-corrected chi connectivity index (χ0v) is 9.57. The first-order chi connectivity index (χ1) is 8.11. The van der Waals surface area contributed by atoms with Gasteiger partial charge in [0.1, 0.15) is 5.75 Å². The number of phenolic OH excluding ortho intramolecular Hbond substituents is 1. The third kappa shape index (κ3) is 2.10. The quantitative estimate of drug-likeness (QED) is 0.595. The van der Waals surface area contributed by atoms with E-state index in [0.717, 1.165) is 11.3 Å². The van der Waals surface area contributed by atoms with Gasteiger partial charge >= 0.3 is 0 Å². The van der Waals surface area contributed by atoms with Crippen molar-refractivity contribution in [2.45, 2.75) is 0 Å². The fraction of sp³-hybridized carbons (Fsp3) is 0.0769. The molecule has 0 aliphatic heterocycles. The van der Waals surface area contributed by atoms with E-state index in [2.05, 4.69) is 5.32 Å². The molecule has 0 bridgehead atoms. The second-order valence-electron chi connectivity index (χ2n) is 3.83. The molecule has 2 rings (SSSR count). The summed E-state index contributed by atoms with van der Waals surface area (Å²) in [5.74, 6) is 0.130. The van der Waals surface area contributed by atoms with E-state index in [1.807, 2.05) is 19.2 Å². The molecular weight excluding hydrogens is 214 g/mol. The smallest absolute Gasteiger partial charge is 0.125 e. The number of phenols is 1. The first kappa shape index (κ1) is 11.1. The number of nitrogens with two attached hydrogens (primary N) is 2. The minimum Gasteiger partial charge on any atom is -0.507 e. The van der Waals surface area contributed by atoms with E-state index >= 15 is 0 Å². The van der Waals surface area contributed by atoms with Crippen LogP contribution in [0.25, 0.3) is 11.1 Å². The largest absolute Gasteiger partial charge is 0.507 e. The van der Waals surface area contributed by atoms with E-state index in [9.17, 15) is 5.11 Å². The van der Waals surface area contributed by atoms with Gasteiger partial charge in [-0.1, -0.05) is 0 Å². The Morgan fingerprint density at radius 3 is 2.41 bits per heavy atom. The lowest BCUT2D eigenvalue weighted by Gasteiger charge is -2.10. The van der Waals surface area contributed by atoms with Crippen LogP contribution in [-0.2, 0) is 0 Å². The summed E-state index contributed by atoms with van der Waals surface area (Å²) in [4.78, 5) is 0. The molecule has 0 aliphatic rings. The van der Waals surface area contributed by atoms with Gasteiger partial charge in [-0.05, 0) is 30.3 Å². The van der Waals surface area contributed by atoms with Gasteiger partial charge in [0, 0.05) is 41.3 Å². The van der Waals surface area contributed by atoms with Crippen LogP contribution >= 0.6 is 0 Å². The van der Waals surface area contributed by atoms with Crippen LogP contribution in [0.5, 0.6) is 5.75 Å². The van der Waals surface area contributed by atoms with Gasteiger partial charge in [-0.2, -0.15) is 0 Å². The van der Waals surface area contributed by atoms with Crippen molar-refractivity contribution in [3.63, 3.8) is 0 Å². The molecule has 4 nitrogen and oxygen atoms in total. The Balaban J connectivity index is 2.59. The summed E-state index contributed by atoms with van der Waals surface area (Å²) in [5, 5.41) is 12.9. The van der Waals surface area contributed by atoms with E-state index in [1.54, 1.807) is 18.2 Å². The summed E-state index contributed by atoms with van der Waals surface area (Å²) in [5.41, 5.74) is 15.0. The van der Waals surface area contributed by atoms with E-state index in [-0.39, 0.29) is 5.75 Å². The lowest BCUT2D eigenvalue weighted by molar-refractivity contribution is 0.477. The first-order valence-electron chi connectivity index (χ1n) is 5.28. The fourth-order valence-corrected chi connectivity index (χ4v) is 1.72. The van der Waals surface area contributed by atoms with Crippen molar-refractivity contribution in [3.05, 3.63) is 36.4 Å². The summed E-state index contributed by atoms with van der Waals surface area (Å²) >= 11 is 0. The Labute approximate surface area is 99.9 Å². The van der Waals surface area contributed by atoms with Gasteiger partial charge in [0.15, 0.2) is 0 Å². The molecule has 0 spiro atoms. The highest BCUT2D eigenvalue weighted by atomic mass is 16.3. The van der Waals surface area contributed by atoms with E-state index < -0.39 is 0 Å². The Kier molecular flexibility index (Phi) is 2.78. The predicted octanol–water partition coefficient (Wildman–Crippen LogP) is 2.27. The van der Waals surface area contributed by atoms with Crippen LogP contribution in [0.2, 0.25) is 0 Å². The molecule has 0 heterocycles. The van der Waals surface area contributed by atoms with Crippen LogP contribution in [0.1, 0.15) is 0 Å². The van der Waals surface area contributed by atoms with Crippen molar-refractivity contribution in [1.29, 1.82) is 0 Å². The Morgan fingerprint density at radius 1 is 1.00 bits per heavy atom. The highest BCUT2D eigenvalue weighted by molar-refractivity contribution is 5.83. The van der Waals surface area contributed by atoms with Crippen LogP contribution in [0.4, 0.5) is 17.1 Å². The van der Waals surface area contributed by atoms with Gasteiger partial charge in [-0.15, -0.1) is 0 Å². The number of aromatic hydroxyl groups is 1. The van der Waals surface area contributed by atoms with Crippen molar-refractivity contribution < 1.29 is 5.11 Å². The minimum absolute atomic E-state index is 0.130. The van der Waals surface area contributed by atoms with Crippen molar-refractivity contribution >= 4 is 17.1 Å². The number of nitrogen functional groups attached to an aromatic ring is 2. The maximum absolute atomic E-state index is 9.88. The maximum atomic E-state index is 9.88. The van der Waals surface area contributed by atoms with E-state index in [0.29, 0.717) is 16.9 Å². The highest BCUT2D eigenvalue weighted by Gasteiger charge is 2.08. The summed E-state index contributed by atoms with van der Waals surface area (Å²) in [6, 6.07) is 10.6. The molecule has 6 N–H and O–H groups in total. The monoisotopic (exact) mass is 229 g/mol. The molecule has 17 heavy (non-hydrogen) atoms. The average Bonchev–Trinajstić information content (AvgIpc) is 2.30. The molecule has 0 unspecified atom stereocenters. The number of nitrogens with one attached hydrogen (secondary N) is 1. The van der Waals surface area contributed by atoms with E-state index in [1.165, 1.54) is 6.07 Å². The SMILES string of the molecule is CNc1ccc(N)c(-c2ccc(N)cc2O)c1. The van der Waals surface area contributed by atoms with Gasteiger partial charge in [0.25, 0.3) is 0 Å². The zero-order valence-electron chi connectivity index (χ0n) is 9.57. The molecule has 0 atom stereocenters. The molecule has 0 radical (unpaired) electrons. The molecule has 2 aromatic carbocycles. The predicted molar refractivity (Wildman–Crippen MR) is 71.9 cm³/mol. The molecule has 0 fully saturated rings. The summed E-state index contributed by atoms with van der Waals surface area (Å²) in [7, 11) is 1.83. The second-order valence-corrected chi connectivity index (χ2v) is 3.83. The topological polar surface area (TPSA) is 84.3 Å². The summed E-state index contributed by atoms with van der Waals surface area (Å²) < 4.78 is 0. The van der Waals surface area contributed by atoms with Gasteiger partial charge in [0.05, 0.1) is 0 Å². The molecule has 0 saturated heterocycles. The van der Waals surface area contributed by atoms with Crippen molar-refractivity contribution in [2.24, 2.45) is 0 Å². The molecule has 2 aromatic rings.